The number of piperazine rings is 1. The fraction of sp³-hybridized carbons (Fsp3) is 0.800. The van der Waals surface area contributed by atoms with Crippen molar-refractivity contribution in [1.82, 2.24) is 16.4 Å². The smallest absolute Gasteiger partial charge is 0.0288 e. The molecule has 0 amide bonds. The molecule has 0 bridgehead atoms. The third-order valence-electron chi connectivity index (χ3n) is 1.38. The summed E-state index contributed by atoms with van der Waals surface area (Å²) in [5, 5.41) is 3.22. The minimum atomic E-state index is 0. The third-order valence-corrected chi connectivity index (χ3v) is 1.89. The third kappa shape index (κ3) is 2.74. The van der Waals surface area contributed by atoms with Gasteiger partial charge in [0.2, 0.25) is 0 Å². The molecule has 1 aliphatic heterocycles. The van der Waals surface area contributed by atoms with Gasteiger partial charge in [0, 0.05) is 26.2 Å². The maximum atomic E-state index is 4.83. The second-order valence-corrected chi connectivity index (χ2v) is 3.03. The molecule has 1 fully saturated rings. The molecule has 1 rings (SSSR count). The second kappa shape index (κ2) is 4.79. The minimum absolute atomic E-state index is 0. The van der Waals surface area contributed by atoms with Crippen LogP contribution in [0.3, 0.4) is 0 Å². The summed E-state index contributed by atoms with van der Waals surface area (Å²) in [6, 6.07) is 0. The van der Waals surface area contributed by atoms with E-state index in [-0.39, 0.29) is 6.15 Å². The van der Waals surface area contributed by atoms with Gasteiger partial charge >= 0.3 is 0 Å². The van der Waals surface area contributed by atoms with Crippen LogP contribution in [0.4, 0.5) is 0 Å². The Kier molecular flexibility index (Phi) is 4.80. The van der Waals surface area contributed by atoms with Crippen molar-refractivity contribution in [1.29, 1.82) is 0 Å². The van der Waals surface area contributed by atoms with E-state index in [4.69, 9.17) is 24.8 Å². The van der Waals surface area contributed by atoms with Gasteiger partial charge < -0.3 is 41.2 Å². The van der Waals surface area contributed by atoms with Crippen molar-refractivity contribution in [3.63, 3.8) is 0 Å². The number of nitrogens with one attached hydrogen (secondary N) is 1. The zero-order valence-corrected chi connectivity index (χ0v) is 7.73. The van der Waals surface area contributed by atoms with Crippen LogP contribution in [0.1, 0.15) is 0 Å². The zero-order chi connectivity index (χ0) is 6.69. The van der Waals surface area contributed by atoms with Gasteiger partial charge in [0.15, 0.2) is 0 Å². The molecule has 0 spiro atoms. The molecule has 1 aliphatic rings. The summed E-state index contributed by atoms with van der Waals surface area (Å²) in [5.74, 6) is 0. The van der Waals surface area contributed by atoms with Crippen LogP contribution in [0, 0.1) is 0 Å². The fourth-order valence-electron chi connectivity index (χ4n) is 0.847. The number of nitrogens with zero attached hydrogens (tertiary/aromatic N) is 1. The quantitative estimate of drug-likeness (QED) is 0.409. The molecule has 0 radical (unpaired) electrons. The van der Waals surface area contributed by atoms with Crippen molar-refractivity contribution in [3.05, 3.63) is 0 Å². The molecule has 0 saturated carbocycles. The Morgan fingerprint density at radius 3 is 2.20 bits per heavy atom. The van der Waals surface area contributed by atoms with Crippen molar-refractivity contribution in [2.75, 3.05) is 26.2 Å². The topological polar surface area (TPSA) is 51.8 Å². The summed E-state index contributed by atoms with van der Waals surface area (Å²) >= 11 is 9.66. The first-order chi connectivity index (χ1) is 4.30. The van der Waals surface area contributed by atoms with Crippen LogP contribution >= 0.6 is 12.2 Å². The van der Waals surface area contributed by atoms with Crippen molar-refractivity contribution < 1.29 is 0 Å². The van der Waals surface area contributed by atoms with Crippen LogP contribution in [-0.4, -0.2) is 35.4 Å². The predicted octanol–water partition coefficient (Wildman–Crippen LogP) is 0.0996. The van der Waals surface area contributed by atoms with Crippen LogP contribution in [0.25, 0.3) is 0 Å². The molecule has 0 unspecified atom stereocenters. The molecule has 1 heterocycles. The van der Waals surface area contributed by atoms with Gasteiger partial charge in [0.05, 0.1) is 0 Å². The van der Waals surface area contributed by atoms with Gasteiger partial charge in [0.25, 0.3) is 0 Å². The monoisotopic (exact) mass is 179 g/mol. The van der Waals surface area contributed by atoms with Crippen molar-refractivity contribution >= 4 is 29.2 Å². The molecule has 1 saturated heterocycles. The Morgan fingerprint density at radius 2 is 1.90 bits per heavy atom. The Morgan fingerprint density at radius 1 is 1.40 bits per heavy atom. The molecule has 0 aromatic heterocycles. The predicted molar refractivity (Wildman–Crippen MR) is 50.4 cm³/mol. The van der Waals surface area contributed by atoms with Crippen molar-refractivity contribution in [2.24, 2.45) is 0 Å². The van der Waals surface area contributed by atoms with Gasteiger partial charge in [-0.25, -0.2) is 0 Å². The van der Waals surface area contributed by atoms with Gasteiger partial charge in [-0.3, -0.25) is 0 Å². The maximum Gasteiger partial charge on any atom is 0.0288 e. The molecule has 60 valence electrons. The van der Waals surface area contributed by atoms with Gasteiger partial charge in [0.1, 0.15) is 0 Å². The molecular weight excluding hydrogens is 166 g/mol. The SMILES string of the molecule is S=C([S-])N1CCNCC1.[NH4+]. The highest BCUT2D eigenvalue weighted by Crippen LogP contribution is 1.92. The first-order valence-corrected chi connectivity index (χ1v) is 3.79. The van der Waals surface area contributed by atoms with E-state index < -0.39 is 0 Å². The van der Waals surface area contributed by atoms with Gasteiger partial charge in [-0.1, -0.05) is 4.32 Å². The summed E-state index contributed by atoms with van der Waals surface area (Å²) in [6.45, 7) is 3.97. The Balaban J connectivity index is 0.000000810. The first-order valence-electron chi connectivity index (χ1n) is 2.97. The molecule has 0 aromatic carbocycles. The lowest BCUT2D eigenvalue weighted by Gasteiger charge is -2.32. The van der Waals surface area contributed by atoms with E-state index in [0.29, 0.717) is 4.32 Å². The van der Waals surface area contributed by atoms with Crippen LogP contribution in [0.5, 0.6) is 0 Å². The number of hydrogen-bond donors (Lipinski definition) is 2. The summed E-state index contributed by atoms with van der Waals surface area (Å²) < 4.78 is 0.608. The largest absolute Gasteiger partial charge is 0.411 e. The van der Waals surface area contributed by atoms with Gasteiger partial charge in [-0.05, 0) is 0 Å². The maximum absolute atomic E-state index is 4.83. The van der Waals surface area contributed by atoms with E-state index in [1.807, 2.05) is 4.90 Å². The van der Waals surface area contributed by atoms with E-state index in [1.54, 1.807) is 0 Å². The molecule has 0 aromatic rings. The zero-order valence-electron chi connectivity index (χ0n) is 6.09. The lowest BCUT2D eigenvalue weighted by molar-refractivity contribution is 0.368. The van der Waals surface area contributed by atoms with E-state index in [0.717, 1.165) is 26.2 Å². The fourth-order valence-corrected chi connectivity index (χ4v) is 1.21. The average Bonchev–Trinajstić information content (AvgIpc) is 1.90. The van der Waals surface area contributed by atoms with Crippen LogP contribution in [0.2, 0.25) is 0 Å². The molecule has 5 N–H and O–H groups in total. The van der Waals surface area contributed by atoms with Crippen molar-refractivity contribution in [2.45, 2.75) is 0 Å². The van der Waals surface area contributed by atoms with Crippen LogP contribution in [-0.2, 0) is 12.6 Å². The normalized spacial score (nSPS) is 17.8. The second-order valence-electron chi connectivity index (χ2n) is 2.00. The highest BCUT2D eigenvalue weighted by molar-refractivity contribution is 8.00. The van der Waals surface area contributed by atoms with Crippen LogP contribution in [0.15, 0.2) is 0 Å². The molecule has 0 atom stereocenters. The molecule has 10 heavy (non-hydrogen) atoms. The van der Waals surface area contributed by atoms with E-state index in [2.05, 4.69) is 5.32 Å². The Hall–Kier alpha value is 0.0300. The lowest BCUT2D eigenvalue weighted by Crippen LogP contribution is -2.45. The number of quaternary nitrogens is 1. The average molecular weight is 179 g/mol. The van der Waals surface area contributed by atoms with Gasteiger partial charge in [-0.15, -0.1) is 0 Å². The molecular formula is C5H13N3S2. The summed E-state index contributed by atoms with van der Waals surface area (Å²) in [5.41, 5.74) is 0. The van der Waals surface area contributed by atoms with E-state index >= 15 is 0 Å². The first kappa shape index (κ1) is 10.0. The Labute approximate surface area is 72.2 Å². The van der Waals surface area contributed by atoms with Crippen LogP contribution < -0.4 is 11.5 Å². The molecule has 3 nitrogen and oxygen atoms in total. The highest BCUT2D eigenvalue weighted by atomic mass is 32.1. The van der Waals surface area contributed by atoms with Crippen molar-refractivity contribution in [3.8, 4) is 0 Å². The minimum Gasteiger partial charge on any atom is -0.411 e. The van der Waals surface area contributed by atoms with E-state index in [1.165, 1.54) is 0 Å². The molecule has 0 aliphatic carbocycles. The number of thiocarbonyl (C=S) groups is 1. The Bertz CT molecular complexity index is 111. The number of hydrogen-bond acceptors (Lipinski definition) is 3. The standard InChI is InChI=1S/C5H10N2S2.H3N/c8-5(9)7-3-1-6-2-4-7;/h6H,1-4H2,(H,8,9);1H3. The van der Waals surface area contributed by atoms with E-state index in [9.17, 15) is 0 Å². The molecule has 5 heteroatoms. The lowest BCUT2D eigenvalue weighted by atomic mass is 10.4. The number of rotatable bonds is 0. The summed E-state index contributed by atoms with van der Waals surface area (Å²) in [6.07, 6.45) is 0. The highest BCUT2D eigenvalue weighted by Gasteiger charge is 2.04. The van der Waals surface area contributed by atoms with Gasteiger partial charge in [-0.2, -0.15) is 0 Å². The summed E-state index contributed by atoms with van der Waals surface area (Å²) in [4.78, 5) is 2.04. The summed E-state index contributed by atoms with van der Waals surface area (Å²) in [7, 11) is 0.